The number of hydrogen-bond donors (Lipinski definition) is 2. The monoisotopic (exact) mass is 547 g/mol. The maximum atomic E-state index is 6.02. The van der Waals surface area contributed by atoms with Gasteiger partial charge in [0.1, 0.15) is 12.4 Å². The van der Waals surface area contributed by atoms with Gasteiger partial charge in [-0.2, -0.15) is 0 Å². The summed E-state index contributed by atoms with van der Waals surface area (Å²) in [5, 5.41) is 3.15. The normalized spacial score (nSPS) is 10.8. The number of ether oxygens (including phenoxy) is 3. The fourth-order valence-corrected chi connectivity index (χ4v) is 3.08. The molecule has 0 aliphatic carbocycles. The minimum atomic E-state index is 0. The Morgan fingerprint density at radius 1 is 0.844 bits per heavy atom. The maximum absolute atomic E-state index is 6.02. The lowest BCUT2D eigenvalue weighted by Gasteiger charge is -2.10. The molecular weight excluding hydrogens is 517 g/mol. The number of methoxy groups -OCH3 is 2. The lowest BCUT2D eigenvalue weighted by atomic mass is 10.1. The van der Waals surface area contributed by atoms with Gasteiger partial charge < -0.3 is 25.3 Å². The lowest BCUT2D eigenvalue weighted by Crippen LogP contribution is -2.33. The molecule has 0 unspecified atom stereocenters. The first-order valence-electron chi connectivity index (χ1n) is 10.2. The highest BCUT2D eigenvalue weighted by molar-refractivity contribution is 14.0. The summed E-state index contributed by atoms with van der Waals surface area (Å²) in [5.41, 5.74) is 9.32. The van der Waals surface area contributed by atoms with Crippen molar-refractivity contribution in [2.45, 2.75) is 19.6 Å². The van der Waals surface area contributed by atoms with Crippen LogP contribution in [0, 0.1) is 0 Å². The topological polar surface area (TPSA) is 78.1 Å². The van der Waals surface area contributed by atoms with E-state index in [0.29, 0.717) is 25.7 Å². The largest absolute Gasteiger partial charge is 0.493 e. The zero-order valence-corrected chi connectivity index (χ0v) is 20.7. The molecule has 0 aromatic heterocycles. The molecule has 0 spiro atoms. The van der Waals surface area contributed by atoms with E-state index >= 15 is 0 Å². The number of benzene rings is 3. The van der Waals surface area contributed by atoms with Crippen LogP contribution in [0.1, 0.15) is 16.7 Å². The van der Waals surface area contributed by atoms with Gasteiger partial charge in [0.25, 0.3) is 0 Å². The molecule has 0 amide bonds. The van der Waals surface area contributed by atoms with Crippen LogP contribution in [0.4, 0.5) is 0 Å². The molecule has 32 heavy (non-hydrogen) atoms. The van der Waals surface area contributed by atoms with Crippen molar-refractivity contribution in [1.82, 2.24) is 5.32 Å². The number of nitrogens with one attached hydrogen (secondary N) is 1. The Kier molecular flexibility index (Phi) is 10.7. The molecule has 3 N–H and O–H groups in total. The van der Waals surface area contributed by atoms with E-state index in [0.717, 1.165) is 40.4 Å². The van der Waals surface area contributed by atoms with Gasteiger partial charge in [-0.25, -0.2) is 4.99 Å². The Balaban J connectivity index is 0.00000363. The fraction of sp³-hybridized carbons (Fsp3) is 0.240. The van der Waals surface area contributed by atoms with Gasteiger partial charge in [0.05, 0.1) is 20.8 Å². The van der Waals surface area contributed by atoms with Gasteiger partial charge >= 0.3 is 0 Å². The average molecular weight is 547 g/mol. The van der Waals surface area contributed by atoms with Crippen molar-refractivity contribution in [3.8, 4) is 17.2 Å². The molecular formula is C25H30IN3O3. The van der Waals surface area contributed by atoms with Crippen LogP contribution in [0.25, 0.3) is 0 Å². The van der Waals surface area contributed by atoms with Crippen molar-refractivity contribution in [2.24, 2.45) is 10.7 Å². The lowest BCUT2D eigenvalue weighted by molar-refractivity contribution is 0.306. The molecule has 3 rings (SSSR count). The smallest absolute Gasteiger partial charge is 0.188 e. The molecule has 0 saturated carbocycles. The molecule has 0 heterocycles. The van der Waals surface area contributed by atoms with Crippen molar-refractivity contribution in [3.63, 3.8) is 0 Å². The summed E-state index contributed by atoms with van der Waals surface area (Å²) in [6.45, 7) is 1.69. The first-order valence-corrected chi connectivity index (χ1v) is 10.2. The van der Waals surface area contributed by atoms with Crippen LogP contribution in [0.15, 0.2) is 77.8 Å². The summed E-state index contributed by atoms with van der Waals surface area (Å²) in [6.07, 6.45) is 0.791. The second kappa shape index (κ2) is 13.5. The highest BCUT2D eigenvalue weighted by Crippen LogP contribution is 2.27. The van der Waals surface area contributed by atoms with Crippen LogP contribution in [-0.4, -0.2) is 26.7 Å². The summed E-state index contributed by atoms with van der Waals surface area (Å²) in [4.78, 5) is 4.43. The highest BCUT2D eigenvalue weighted by atomic mass is 127. The second-order valence-electron chi connectivity index (χ2n) is 6.99. The van der Waals surface area contributed by atoms with Gasteiger partial charge in [0.2, 0.25) is 0 Å². The molecule has 0 fully saturated rings. The summed E-state index contributed by atoms with van der Waals surface area (Å²) in [6, 6.07) is 23.9. The number of nitrogens with two attached hydrogens (primary N) is 1. The highest BCUT2D eigenvalue weighted by Gasteiger charge is 2.04. The van der Waals surface area contributed by atoms with Gasteiger partial charge in [-0.15, -0.1) is 24.0 Å². The first-order chi connectivity index (χ1) is 15.2. The van der Waals surface area contributed by atoms with Crippen molar-refractivity contribution in [2.75, 3.05) is 20.8 Å². The van der Waals surface area contributed by atoms with Crippen molar-refractivity contribution < 1.29 is 14.2 Å². The molecule has 6 nitrogen and oxygen atoms in total. The van der Waals surface area contributed by atoms with E-state index in [9.17, 15) is 0 Å². The van der Waals surface area contributed by atoms with Crippen LogP contribution in [0.2, 0.25) is 0 Å². The molecule has 0 saturated heterocycles. The second-order valence-corrected chi connectivity index (χ2v) is 6.99. The predicted octanol–water partition coefficient (Wildman–Crippen LogP) is 4.55. The van der Waals surface area contributed by atoms with Crippen LogP contribution in [-0.2, 0) is 19.6 Å². The molecule has 3 aromatic carbocycles. The predicted molar refractivity (Wildman–Crippen MR) is 139 cm³/mol. The van der Waals surface area contributed by atoms with E-state index in [2.05, 4.69) is 10.3 Å². The zero-order chi connectivity index (χ0) is 21.9. The summed E-state index contributed by atoms with van der Waals surface area (Å²) in [7, 11) is 3.26. The fourth-order valence-electron chi connectivity index (χ4n) is 3.08. The molecule has 170 valence electrons. The number of rotatable bonds is 10. The first kappa shape index (κ1) is 25.3. The van der Waals surface area contributed by atoms with Crippen molar-refractivity contribution in [1.29, 1.82) is 0 Å². The van der Waals surface area contributed by atoms with E-state index in [1.165, 1.54) is 0 Å². The van der Waals surface area contributed by atoms with Gasteiger partial charge in [0, 0.05) is 6.54 Å². The average Bonchev–Trinajstić information content (AvgIpc) is 2.82. The van der Waals surface area contributed by atoms with Crippen molar-refractivity contribution in [3.05, 3.63) is 89.5 Å². The minimum Gasteiger partial charge on any atom is -0.493 e. The van der Waals surface area contributed by atoms with Crippen molar-refractivity contribution >= 4 is 29.9 Å². The van der Waals surface area contributed by atoms with Gasteiger partial charge in [-0.1, -0.05) is 48.5 Å². The van der Waals surface area contributed by atoms with Gasteiger partial charge in [-0.05, 0) is 47.4 Å². The summed E-state index contributed by atoms with van der Waals surface area (Å²) < 4.78 is 16.5. The molecule has 0 bridgehead atoms. The van der Waals surface area contributed by atoms with Gasteiger partial charge in [0.15, 0.2) is 17.5 Å². The maximum Gasteiger partial charge on any atom is 0.188 e. The number of aliphatic imine (C=N–C) groups is 1. The van der Waals surface area contributed by atoms with Gasteiger partial charge in [-0.3, -0.25) is 0 Å². The molecule has 3 aromatic rings. The summed E-state index contributed by atoms with van der Waals surface area (Å²) in [5.74, 6) is 2.67. The van der Waals surface area contributed by atoms with E-state index < -0.39 is 0 Å². The molecule has 0 radical (unpaired) electrons. The third-order valence-corrected chi connectivity index (χ3v) is 4.75. The van der Waals surface area contributed by atoms with E-state index in [-0.39, 0.29) is 24.0 Å². The van der Waals surface area contributed by atoms with E-state index in [1.807, 2.05) is 72.8 Å². The van der Waals surface area contributed by atoms with E-state index in [1.54, 1.807) is 14.2 Å². The van der Waals surface area contributed by atoms with Crippen LogP contribution >= 0.6 is 24.0 Å². The molecule has 0 atom stereocenters. The van der Waals surface area contributed by atoms with Crippen LogP contribution < -0.4 is 25.3 Å². The third kappa shape index (κ3) is 7.96. The van der Waals surface area contributed by atoms with Crippen LogP contribution in [0.3, 0.4) is 0 Å². The quantitative estimate of drug-likeness (QED) is 0.221. The Hall–Kier alpha value is -2.94. The Morgan fingerprint density at radius 2 is 1.59 bits per heavy atom. The molecule has 7 heteroatoms. The number of nitrogens with zero attached hydrogens (tertiary/aromatic N) is 1. The van der Waals surface area contributed by atoms with E-state index in [4.69, 9.17) is 19.9 Å². The third-order valence-electron chi connectivity index (χ3n) is 4.75. The molecule has 0 aliphatic rings. The number of guanidine groups is 1. The Bertz CT molecular complexity index is 997. The standard InChI is InChI=1S/C25H29N3O3.HI/c1-29-23-12-11-19(16-24(23)30-2)13-14-27-25(26)28-17-21-9-6-10-22(15-21)31-18-20-7-4-3-5-8-20;/h3-12,15-16H,13-14,17-18H2,1-2H3,(H3,26,27,28);1H. The SMILES string of the molecule is COc1ccc(CCNC(N)=NCc2cccc(OCc3ccccc3)c2)cc1OC.I. The number of hydrogen-bond acceptors (Lipinski definition) is 4. The zero-order valence-electron chi connectivity index (χ0n) is 18.4. The summed E-state index contributed by atoms with van der Waals surface area (Å²) >= 11 is 0. The Labute approximate surface area is 206 Å². The molecule has 0 aliphatic heterocycles. The number of halogens is 1. The Morgan fingerprint density at radius 3 is 2.34 bits per heavy atom. The minimum absolute atomic E-state index is 0. The van der Waals surface area contributed by atoms with Crippen LogP contribution in [0.5, 0.6) is 17.2 Å².